The number of aromatic nitrogens is 2. The van der Waals surface area contributed by atoms with E-state index in [4.69, 9.17) is 23.2 Å². The van der Waals surface area contributed by atoms with Gasteiger partial charge in [-0.1, -0.05) is 35.3 Å². The molecule has 0 spiro atoms. The Morgan fingerprint density at radius 3 is 2.62 bits per heavy atom. The number of fused-ring (bicyclic) bond motifs is 1. The normalized spacial score (nSPS) is 10.8. The van der Waals surface area contributed by atoms with Gasteiger partial charge in [-0.2, -0.15) is 5.10 Å². The quantitative estimate of drug-likeness (QED) is 0.767. The Kier molecular flexibility index (Phi) is 4.55. The van der Waals surface area contributed by atoms with Crippen LogP contribution in [0.25, 0.3) is 10.9 Å². The average molecular weight is 362 g/mol. The minimum absolute atomic E-state index is 0.165. The van der Waals surface area contributed by atoms with Gasteiger partial charge in [0, 0.05) is 17.6 Å². The minimum atomic E-state index is -0.591. The van der Waals surface area contributed by atoms with Gasteiger partial charge in [0.1, 0.15) is 0 Å². The fourth-order valence-electron chi connectivity index (χ4n) is 2.39. The third-order valence-corrected chi connectivity index (χ3v) is 4.29. The van der Waals surface area contributed by atoms with Gasteiger partial charge in [0.05, 0.1) is 15.6 Å². The van der Waals surface area contributed by atoms with Crippen LogP contribution in [0.2, 0.25) is 10.0 Å². The summed E-state index contributed by atoms with van der Waals surface area (Å²) in [5, 5.41) is 7.96. The summed E-state index contributed by atoms with van der Waals surface area (Å²) in [4.78, 5) is 25.0. The highest BCUT2D eigenvalue weighted by molar-refractivity contribution is 6.42. The predicted octanol–water partition coefficient (Wildman–Crippen LogP) is 3.98. The lowest BCUT2D eigenvalue weighted by atomic mass is 10.2. The first-order valence-corrected chi connectivity index (χ1v) is 8.03. The summed E-state index contributed by atoms with van der Waals surface area (Å²) in [6.45, 7) is 2.43. The first-order chi connectivity index (χ1) is 11.5. The van der Waals surface area contributed by atoms with Crippen molar-refractivity contribution in [1.82, 2.24) is 9.78 Å². The van der Waals surface area contributed by atoms with Crippen molar-refractivity contribution in [1.29, 1.82) is 0 Å². The van der Waals surface area contributed by atoms with Crippen LogP contribution >= 0.6 is 23.2 Å². The van der Waals surface area contributed by atoms with E-state index in [1.165, 1.54) is 6.07 Å². The monoisotopic (exact) mass is 361 g/mol. The van der Waals surface area contributed by atoms with E-state index in [0.29, 0.717) is 33.2 Å². The number of aryl methyl sites for hydroxylation is 1. The summed E-state index contributed by atoms with van der Waals surface area (Å²) in [7, 11) is 0. The van der Waals surface area contributed by atoms with Crippen molar-refractivity contribution >= 4 is 45.7 Å². The topological polar surface area (TPSA) is 64.0 Å². The minimum Gasteiger partial charge on any atom is -0.320 e. The maximum atomic E-state index is 12.6. The maximum Gasteiger partial charge on any atom is 0.280 e. The zero-order chi connectivity index (χ0) is 17.3. The SMILES string of the molecule is CCn1nc(C(=O)Nc2ccc(Cl)c(Cl)c2)c(=O)c2ccccc21. The third-order valence-electron chi connectivity index (χ3n) is 3.55. The molecule has 7 heteroatoms. The molecule has 0 aliphatic carbocycles. The van der Waals surface area contributed by atoms with Gasteiger partial charge >= 0.3 is 0 Å². The summed E-state index contributed by atoms with van der Waals surface area (Å²) in [6, 6.07) is 11.7. The van der Waals surface area contributed by atoms with Gasteiger partial charge < -0.3 is 5.32 Å². The van der Waals surface area contributed by atoms with Crippen LogP contribution in [0.15, 0.2) is 47.3 Å². The average Bonchev–Trinajstić information content (AvgIpc) is 2.58. The van der Waals surface area contributed by atoms with E-state index in [2.05, 4.69) is 10.4 Å². The highest BCUT2D eigenvalue weighted by Gasteiger charge is 2.17. The zero-order valence-electron chi connectivity index (χ0n) is 12.7. The molecule has 1 N–H and O–H groups in total. The van der Waals surface area contributed by atoms with Crippen LogP contribution in [-0.2, 0) is 6.54 Å². The van der Waals surface area contributed by atoms with Crippen molar-refractivity contribution in [2.24, 2.45) is 0 Å². The molecule has 24 heavy (non-hydrogen) atoms. The molecule has 3 aromatic rings. The number of hydrogen-bond acceptors (Lipinski definition) is 3. The van der Waals surface area contributed by atoms with Gasteiger partial charge in [0.2, 0.25) is 5.43 Å². The lowest BCUT2D eigenvalue weighted by Gasteiger charge is -2.10. The first kappa shape index (κ1) is 16.5. The molecule has 1 aromatic heterocycles. The standard InChI is InChI=1S/C17H13Cl2N3O2/c1-2-22-14-6-4-3-5-11(14)16(23)15(21-22)17(24)20-10-7-8-12(18)13(19)9-10/h3-9H,2H2,1H3,(H,20,24). The summed E-state index contributed by atoms with van der Waals surface area (Å²) in [5.74, 6) is -0.591. The number of rotatable bonds is 3. The van der Waals surface area contributed by atoms with E-state index >= 15 is 0 Å². The molecule has 5 nitrogen and oxygen atoms in total. The number of nitrogens with zero attached hydrogens (tertiary/aromatic N) is 2. The molecule has 0 saturated carbocycles. The third kappa shape index (κ3) is 3.00. The largest absolute Gasteiger partial charge is 0.320 e. The van der Waals surface area contributed by atoms with Gasteiger partial charge in [-0.3, -0.25) is 14.3 Å². The summed E-state index contributed by atoms with van der Waals surface area (Å²) < 4.78 is 1.63. The van der Waals surface area contributed by atoms with E-state index in [1.807, 2.05) is 13.0 Å². The van der Waals surface area contributed by atoms with Crippen molar-refractivity contribution in [3.05, 3.63) is 68.4 Å². The molecule has 0 radical (unpaired) electrons. The highest BCUT2D eigenvalue weighted by Crippen LogP contribution is 2.25. The Labute approximate surface area is 147 Å². The smallest absolute Gasteiger partial charge is 0.280 e. The number of hydrogen-bond donors (Lipinski definition) is 1. The Balaban J connectivity index is 2.05. The van der Waals surface area contributed by atoms with Crippen molar-refractivity contribution in [2.45, 2.75) is 13.5 Å². The second-order valence-corrected chi connectivity index (χ2v) is 5.91. The molecule has 0 saturated heterocycles. The summed E-state index contributed by atoms with van der Waals surface area (Å²) in [5.41, 5.74) is 0.553. The number of amides is 1. The van der Waals surface area contributed by atoms with E-state index in [-0.39, 0.29) is 5.69 Å². The predicted molar refractivity (Wildman–Crippen MR) is 96.1 cm³/mol. The van der Waals surface area contributed by atoms with E-state index in [0.717, 1.165) is 0 Å². The number of carbonyl (C=O) groups excluding carboxylic acids is 1. The molecule has 3 rings (SSSR count). The van der Waals surface area contributed by atoms with Crippen LogP contribution in [0.1, 0.15) is 17.4 Å². The van der Waals surface area contributed by atoms with Gasteiger partial charge in [-0.15, -0.1) is 0 Å². The van der Waals surface area contributed by atoms with Crippen LogP contribution in [0.4, 0.5) is 5.69 Å². The molecular weight excluding hydrogens is 349 g/mol. The lowest BCUT2D eigenvalue weighted by Crippen LogP contribution is -2.27. The number of para-hydroxylation sites is 1. The molecule has 0 aliphatic heterocycles. The van der Waals surface area contributed by atoms with Gasteiger partial charge in [-0.25, -0.2) is 0 Å². The highest BCUT2D eigenvalue weighted by atomic mass is 35.5. The van der Waals surface area contributed by atoms with E-state index < -0.39 is 11.3 Å². The van der Waals surface area contributed by atoms with Gasteiger partial charge in [0.15, 0.2) is 5.69 Å². The molecular formula is C17H13Cl2N3O2. The Bertz CT molecular complexity index is 999. The van der Waals surface area contributed by atoms with Crippen molar-refractivity contribution < 1.29 is 4.79 Å². The molecule has 1 amide bonds. The maximum absolute atomic E-state index is 12.6. The number of nitrogens with one attached hydrogen (secondary N) is 1. The molecule has 0 unspecified atom stereocenters. The number of benzene rings is 2. The Hall–Kier alpha value is -2.37. The zero-order valence-corrected chi connectivity index (χ0v) is 14.2. The Morgan fingerprint density at radius 2 is 1.92 bits per heavy atom. The van der Waals surface area contributed by atoms with E-state index in [1.54, 1.807) is 35.0 Å². The fraction of sp³-hybridized carbons (Fsp3) is 0.118. The molecule has 0 fully saturated rings. The van der Waals surface area contributed by atoms with Crippen LogP contribution in [0.3, 0.4) is 0 Å². The van der Waals surface area contributed by atoms with Gasteiger partial charge in [0.25, 0.3) is 5.91 Å². The van der Waals surface area contributed by atoms with Crippen molar-refractivity contribution in [3.63, 3.8) is 0 Å². The van der Waals surface area contributed by atoms with Crippen molar-refractivity contribution in [2.75, 3.05) is 5.32 Å². The van der Waals surface area contributed by atoms with Crippen LogP contribution in [0, 0.1) is 0 Å². The number of anilines is 1. The number of halogens is 2. The van der Waals surface area contributed by atoms with Gasteiger partial charge in [-0.05, 0) is 37.3 Å². The molecule has 0 atom stereocenters. The Morgan fingerprint density at radius 1 is 1.17 bits per heavy atom. The molecule has 1 heterocycles. The first-order valence-electron chi connectivity index (χ1n) is 7.27. The second kappa shape index (κ2) is 6.63. The summed E-state index contributed by atoms with van der Waals surface area (Å²) in [6.07, 6.45) is 0. The van der Waals surface area contributed by atoms with Crippen LogP contribution < -0.4 is 10.7 Å². The molecule has 2 aromatic carbocycles. The van der Waals surface area contributed by atoms with E-state index in [9.17, 15) is 9.59 Å². The molecule has 0 aliphatic rings. The molecule has 122 valence electrons. The van der Waals surface area contributed by atoms with Crippen LogP contribution in [0.5, 0.6) is 0 Å². The lowest BCUT2D eigenvalue weighted by molar-refractivity contribution is 0.101. The second-order valence-electron chi connectivity index (χ2n) is 5.09. The summed E-state index contributed by atoms with van der Waals surface area (Å²) >= 11 is 11.8. The molecule has 0 bridgehead atoms. The van der Waals surface area contributed by atoms with Crippen molar-refractivity contribution in [3.8, 4) is 0 Å². The van der Waals surface area contributed by atoms with Crippen LogP contribution in [-0.4, -0.2) is 15.7 Å². The fourth-order valence-corrected chi connectivity index (χ4v) is 2.69. The number of carbonyl (C=O) groups is 1.